The Kier molecular flexibility index (Phi) is 4.83. The number of nitrogens with zero attached hydrogens (tertiary/aromatic N) is 1. The Hall–Kier alpha value is -0.810. The molecule has 2 amide bonds. The maximum Gasteiger partial charge on any atom is 0.288 e. The first kappa shape index (κ1) is 13.6. The minimum atomic E-state index is -0.117. The van der Waals surface area contributed by atoms with Gasteiger partial charge < -0.3 is 0 Å². The van der Waals surface area contributed by atoms with Crippen LogP contribution in [0.15, 0.2) is 30.3 Å². The number of benzene rings is 1. The van der Waals surface area contributed by atoms with Crippen LogP contribution in [0.3, 0.4) is 0 Å². The molecule has 96 valence electrons. The number of hydrogen-bond acceptors (Lipinski definition) is 3. The Bertz CT molecular complexity index is 422. The van der Waals surface area contributed by atoms with E-state index in [1.54, 1.807) is 0 Å². The summed E-state index contributed by atoms with van der Waals surface area (Å²) in [6.45, 7) is 0.458. The predicted octanol–water partition coefficient (Wildman–Crippen LogP) is 3.25. The number of thioether (sulfide) groups is 1. The number of hydrogen-bond donors (Lipinski definition) is 0. The Labute approximate surface area is 119 Å². The zero-order valence-electron chi connectivity index (χ0n) is 9.84. The number of rotatable bonds is 4. The first-order valence-corrected chi connectivity index (χ1v) is 7.91. The first-order chi connectivity index (χ1) is 8.72. The zero-order chi connectivity index (χ0) is 13.0. The number of amides is 2. The lowest BCUT2D eigenvalue weighted by Gasteiger charge is -2.27. The third kappa shape index (κ3) is 3.14. The van der Waals surface area contributed by atoms with Crippen LogP contribution < -0.4 is 0 Å². The molecule has 2 rings (SSSR count). The number of alkyl halides is 1. The molecule has 0 radical (unpaired) electrons. The van der Waals surface area contributed by atoms with Gasteiger partial charge in [-0.1, -0.05) is 58.0 Å². The molecule has 1 fully saturated rings. The lowest BCUT2D eigenvalue weighted by molar-refractivity contribution is -0.127. The van der Waals surface area contributed by atoms with Gasteiger partial charge in [-0.2, -0.15) is 0 Å². The predicted molar refractivity (Wildman–Crippen MR) is 77.2 cm³/mol. The van der Waals surface area contributed by atoms with E-state index in [9.17, 15) is 9.59 Å². The van der Waals surface area contributed by atoms with Crippen molar-refractivity contribution in [1.29, 1.82) is 0 Å². The molecule has 0 aliphatic carbocycles. The summed E-state index contributed by atoms with van der Waals surface area (Å²) >= 11 is 4.69. The number of carbonyl (C=O) groups excluding carboxylic acids is 2. The lowest BCUT2D eigenvalue weighted by Crippen LogP contribution is -2.41. The van der Waals surface area contributed by atoms with E-state index in [1.165, 1.54) is 16.7 Å². The molecule has 0 bridgehead atoms. The van der Waals surface area contributed by atoms with Gasteiger partial charge in [0.2, 0.25) is 5.91 Å². The number of carbonyl (C=O) groups is 2. The average Bonchev–Trinajstić information content (AvgIpc) is 2.40. The van der Waals surface area contributed by atoms with Gasteiger partial charge in [0.25, 0.3) is 5.24 Å². The van der Waals surface area contributed by atoms with Gasteiger partial charge in [-0.15, -0.1) is 0 Å². The summed E-state index contributed by atoms with van der Waals surface area (Å²) in [4.78, 5) is 24.9. The molecule has 1 aromatic rings. The van der Waals surface area contributed by atoms with Gasteiger partial charge in [-0.3, -0.25) is 14.5 Å². The maximum absolute atomic E-state index is 11.8. The monoisotopic (exact) mass is 327 g/mol. The van der Waals surface area contributed by atoms with Crippen molar-refractivity contribution in [3.8, 4) is 0 Å². The molecule has 1 unspecified atom stereocenters. The topological polar surface area (TPSA) is 37.4 Å². The third-order valence-corrected chi connectivity index (χ3v) is 4.58. The summed E-state index contributed by atoms with van der Waals surface area (Å²) < 4.78 is 0. The molecule has 1 heterocycles. The van der Waals surface area contributed by atoms with Crippen LogP contribution >= 0.6 is 27.7 Å². The van der Waals surface area contributed by atoms with Gasteiger partial charge in [0.05, 0.1) is 0 Å². The summed E-state index contributed by atoms with van der Waals surface area (Å²) in [5.41, 5.74) is 1.14. The standard InChI is InChI=1S/C13H14BrNO2S/c14-8-11(10-4-2-1-3-5-10)9-15-12(16)6-7-18-13(15)17/h1-5,11H,6-9H2. The largest absolute Gasteiger partial charge is 0.288 e. The lowest BCUT2D eigenvalue weighted by atomic mass is 10.0. The van der Waals surface area contributed by atoms with Gasteiger partial charge in [-0.25, -0.2) is 0 Å². The van der Waals surface area contributed by atoms with Crippen molar-refractivity contribution in [2.45, 2.75) is 12.3 Å². The molecule has 0 saturated carbocycles. The summed E-state index contributed by atoms with van der Waals surface area (Å²) in [7, 11) is 0. The van der Waals surface area contributed by atoms with Crippen molar-refractivity contribution >= 4 is 38.8 Å². The number of imide groups is 1. The number of halogens is 1. The van der Waals surface area contributed by atoms with Crippen molar-refractivity contribution < 1.29 is 9.59 Å². The maximum atomic E-state index is 11.8. The Morgan fingerprint density at radius 3 is 2.61 bits per heavy atom. The Morgan fingerprint density at radius 1 is 1.28 bits per heavy atom. The van der Waals surface area contributed by atoms with Crippen LogP contribution in [0.5, 0.6) is 0 Å². The van der Waals surface area contributed by atoms with Crippen LogP contribution in [0.2, 0.25) is 0 Å². The van der Waals surface area contributed by atoms with Crippen molar-refractivity contribution in [2.24, 2.45) is 0 Å². The van der Waals surface area contributed by atoms with Gasteiger partial charge in [0.15, 0.2) is 0 Å². The van der Waals surface area contributed by atoms with Gasteiger partial charge in [-0.05, 0) is 5.56 Å². The van der Waals surface area contributed by atoms with Gasteiger partial charge >= 0.3 is 0 Å². The Morgan fingerprint density at radius 2 is 2.00 bits per heavy atom. The van der Waals surface area contributed by atoms with E-state index < -0.39 is 0 Å². The van der Waals surface area contributed by atoms with Crippen LogP contribution in [-0.4, -0.2) is 33.7 Å². The molecule has 18 heavy (non-hydrogen) atoms. The average molecular weight is 328 g/mol. The van der Waals surface area contributed by atoms with Crippen LogP contribution in [0.25, 0.3) is 0 Å². The minimum absolute atomic E-state index is 0.0550. The highest BCUT2D eigenvalue weighted by Gasteiger charge is 2.29. The second-order valence-corrected chi connectivity index (χ2v) is 5.82. The molecule has 5 heteroatoms. The molecule has 3 nitrogen and oxygen atoms in total. The second kappa shape index (κ2) is 6.38. The second-order valence-electron chi connectivity index (χ2n) is 4.13. The summed E-state index contributed by atoms with van der Waals surface area (Å²) in [6.07, 6.45) is 0.459. The van der Waals surface area contributed by atoms with E-state index >= 15 is 0 Å². The normalized spacial score (nSPS) is 17.9. The minimum Gasteiger partial charge on any atom is -0.274 e. The molecule has 0 spiro atoms. The highest BCUT2D eigenvalue weighted by atomic mass is 79.9. The molecule has 1 atom stereocenters. The smallest absolute Gasteiger partial charge is 0.274 e. The van der Waals surface area contributed by atoms with Gasteiger partial charge in [0, 0.05) is 30.0 Å². The van der Waals surface area contributed by atoms with Gasteiger partial charge in [0.1, 0.15) is 0 Å². The van der Waals surface area contributed by atoms with Crippen molar-refractivity contribution in [3.05, 3.63) is 35.9 Å². The van der Waals surface area contributed by atoms with Crippen LogP contribution in [0, 0.1) is 0 Å². The summed E-state index contributed by atoms with van der Waals surface area (Å²) in [6, 6.07) is 9.96. The zero-order valence-corrected chi connectivity index (χ0v) is 12.2. The quantitative estimate of drug-likeness (QED) is 0.796. The highest BCUT2D eigenvalue weighted by molar-refractivity contribution is 9.09. The molecule has 1 aromatic carbocycles. The molecule has 1 saturated heterocycles. The van der Waals surface area contributed by atoms with Crippen LogP contribution in [0.4, 0.5) is 4.79 Å². The molecule has 1 aliphatic heterocycles. The van der Waals surface area contributed by atoms with E-state index in [-0.39, 0.29) is 17.1 Å². The molecular formula is C13H14BrNO2S. The highest BCUT2D eigenvalue weighted by Crippen LogP contribution is 2.24. The molecule has 0 N–H and O–H groups in total. The van der Waals surface area contributed by atoms with Crippen LogP contribution in [0.1, 0.15) is 17.9 Å². The summed E-state index contributed by atoms with van der Waals surface area (Å²) in [5.74, 6) is 0.705. The fourth-order valence-electron chi connectivity index (χ4n) is 1.91. The fourth-order valence-corrected chi connectivity index (χ4v) is 3.27. The third-order valence-electron chi connectivity index (χ3n) is 2.92. The summed E-state index contributed by atoms with van der Waals surface area (Å²) in [5, 5.41) is 0.617. The fraction of sp³-hybridized carbons (Fsp3) is 0.385. The molecule has 1 aliphatic rings. The van der Waals surface area contributed by atoms with Crippen molar-refractivity contribution in [2.75, 3.05) is 17.6 Å². The first-order valence-electron chi connectivity index (χ1n) is 5.80. The molecular weight excluding hydrogens is 314 g/mol. The van der Waals surface area contributed by atoms with Crippen LogP contribution in [-0.2, 0) is 4.79 Å². The van der Waals surface area contributed by atoms with E-state index in [1.807, 2.05) is 30.3 Å². The van der Waals surface area contributed by atoms with E-state index in [0.29, 0.717) is 18.7 Å². The van der Waals surface area contributed by atoms with Crippen molar-refractivity contribution in [1.82, 2.24) is 4.90 Å². The van der Waals surface area contributed by atoms with E-state index in [2.05, 4.69) is 15.9 Å². The van der Waals surface area contributed by atoms with E-state index in [0.717, 1.165) is 10.9 Å². The molecule has 0 aromatic heterocycles. The SMILES string of the molecule is O=C1CCSC(=O)N1CC(CBr)c1ccccc1. The van der Waals surface area contributed by atoms with E-state index in [4.69, 9.17) is 0 Å². The Balaban J connectivity index is 2.10. The van der Waals surface area contributed by atoms with Crippen molar-refractivity contribution in [3.63, 3.8) is 0 Å².